The van der Waals surface area contributed by atoms with Gasteiger partial charge in [0.2, 0.25) is 5.91 Å². The fourth-order valence-corrected chi connectivity index (χ4v) is 9.61. The molecule has 0 aliphatic rings. The second-order valence-electron chi connectivity index (χ2n) is 21.4. The van der Waals surface area contributed by atoms with Gasteiger partial charge in [-0.05, 0) is 64.2 Å². The minimum Gasteiger partial charge on any atom is -0.466 e. The monoisotopic (exact) mass is 984 g/mol. The van der Waals surface area contributed by atoms with E-state index in [0.717, 1.165) is 51.4 Å². The molecule has 0 spiro atoms. The van der Waals surface area contributed by atoms with Crippen LogP contribution in [0.5, 0.6) is 0 Å². The summed E-state index contributed by atoms with van der Waals surface area (Å²) in [5, 5.41) is 23.1. The lowest BCUT2D eigenvalue weighted by Gasteiger charge is -2.20. The molecule has 0 radical (unpaired) electrons. The molecule has 6 nitrogen and oxygen atoms in total. The van der Waals surface area contributed by atoms with E-state index in [1.54, 1.807) is 6.08 Å². The highest BCUT2D eigenvalue weighted by Gasteiger charge is 2.18. The van der Waals surface area contributed by atoms with Gasteiger partial charge in [0.1, 0.15) is 0 Å². The Bertz CT molecular complexity index is 1130. The number of unbranched alkanes of at least 4 members (excludes halogenated alkanes) is 43. The number of allylic oxidation sites excluding steroid dienone is 5. The average Bonchev–Trinajstić information content (AvgIpc) is 3.36. The molecule has 0 saturated heterocycles. The zero-order chi connectivity index (χ0) is 50.7. The number of hydrogen-bond donors (Lipinski definition) is 3. The Morgan fingerprint density at radius 1 is 0.400 bits per heavy atom. The average molecular weight is 985 g/mol. The van der Waals surface area contributed by atoms with Gasteiger partial charge in [-0.15, -0.1) is 0 Å². The number of carbonyl (C=O) groups is 2. The van der Waals surface area contributed by atoms with Crippen molar-refractivity contribution in [1.82, 2.24) is 5.32 Å². The van der Waals surface area contributed by atoms with Crippen LogP contribution in [0.4, 0.5) is 0 Å². The van der Waals surface area contributed by atoms with Crippen LogP contribution in [0, 0.1) is 0 Å². The molecule has 0 aromatic rings. The lowest BCUT2D eigenvalue weighted by Crippen LogP contribution is -2.45. The fraction of sp³-hybridized carbons (Fsp3) is 0.875. The molecule has 0 fully saturated rings. The van der Waals surface area contributed by atoms with Crippen molar-refractivity contribution in [2.75, 3.05) is 13.2 Å². The van der Waals surface area contributed by atoms with E-state index < -0.39 is 12.1 Å². The zero-order valence-corrected chi connectivity index (χ0v) is 47.0. The number of hydrogen-bond acceptors (Lipinski definition) is 5. The van der Waals surface area contributed by atoms with Crippen molar-refractivity contribution in [2.24, 2.45) is 0 Å². The molecular formula is C64H121NO5. The number of nitrogens with one attached hydrogen (secondary N) is 1. The maximum Gasteiger partial charge on any atom is 0.305 e. The van der Waals surface area contributed by atoms with Crippen LogP contribution in [-0.4, -0.2) is 47.4 Å². The normalized spacial score (nSPS) is 12.8. The van der Waals surface area contributed by atoms with E-state index in [2.05, 4.69) is 43.5 Å². The van der Waals surface area contributed by atoms with E-state index in [-0.39, 0.29) is 18.5 Å². The van der Waals surface area contributed by atoms with Crippen LogP contribution in [0.3, 0.4) is 0 Å². The van der Waals surface area contributed by atoms with Crippen LogP contribution in [0.25, 0.3) is 0 Å². The lowest BCUT2D eigenvalue weighted by atomic mass is 10.0. The van der Waals surface area contributed by atoms with Crippen LogP contribution >= 0.6 is 0 Å². The molecule has 0 aromatic carbocycles. The minimum absolute atomic E-state index is 0.00270. The summed E-state index contributed by atoms with van der Waals surface area (Å²) in [5.74, 6) is -0.0661. The minimum atomic E-state index is -0.846. The van der Waals surface area contributed by atoms with Gasteiger partial charge in [-0.1, -0.05) is 294 Å². The SMILES string of the molecule is CCCCCC/C=C\C/C=C\CCCCCCCCCC(=O)OCCCCCCCCCCCCCCCCCCCCCCC(=O)NC(CO)C(O)/C=C/CCCCCCCCCCCCCCC. The Kier molecular flexibility index (Phi) is 58.0. The first-order valence-corrected chi connectivity index (χ1v) is 31.3. The number of aliphatic hydroxyl groups excluding tert-OH is 2. The summed E-state index contributed by atoms with van der Waals surface area (Å²) in [7, 11) is 0. The number of rotatable bonds is 58. The fourth-order valence-electron chi connectivity index (χ4n) is 9.61. The van der Waals surface area contributed by atoms with E-state index in [4.69, 9.17) is 4.74 Å². The maximum absolute atomic E-state index is 12.5. The number of esters is 1. The lowest BCUT2D eigenvalue weighted by molar-refractivity contribution is -0.143. The molecular weight excluding hydrogens is 863 g/mol. The van der Waals surface area contributed by atoms with Crippen molar-refractivity contribution < 1.29 is 24.5 Å². The second-order valence-corrected chi connectivity index (χ2v) is 21.4. The number of ether oxygens (including phenoxy) is 1. The number of aliphatic hydroxyl groups is 2. The molecule has 412 valence electrons. The highest BCUT2D eigenvalue weighted by Crippen LogP contribution is 2.17. The van der Waals surface area contributed by atoms with Gasteiger partial charge in [-0.25, -0.2) is 0 Å². The van der Waals surface area contributed by atoms with Crippen LogP contribution in [0.2, 0.25) is 0 Å². The Morgan fingerprint density at radius 2 is 0.714 bits per heavy atom. The molecule has 0 aliphatic heterocycles. The highest BCUT2D eigenvalue weighted by molar-refractivity contribution is 5.76. The Balaban J connectivity index is 3.41. The van der Waals surface area contributed by atoms with Crippen LogP contribution in [-0.2, 0) is 14.3 Å². The molecule has 6 heteroatoms. The van der Waals surface area contributed by atoms with Crippen molar-refractivity contribution in [3.8, 4) is 0 Å². The van der Waals surface area contributed by atoms with Crippen molar-refractivity contribution in [3.63, 3.8) is 0 Å². The molecule has 0 aliphatic carbocycles. The molecule has 2 unspecified atom stereocenters. The zero-order valence-electron chi connectivity index (χ0n) is 47.0. The van der Waals surface area contributed by atoms with Gasteiger partial charge >= 0.3 is 5.97 Å². The Hall–Kier alpha value is -1.92. The summed E-state index contributed by atoms with van der Waals surface area (Å²) >= 11 is 0. The predicted molar refractivity (Wildman–Crippen MR) is 306 cm³/mol. The van der Waals surface area contributed by atoms with Crippen LogP contribution < -0.4 is 5.32 Å². The molecule has 0 saturated carbocycles. The van der Waals surface area contributed by atoms with Crippen molar-refractivity contribution >= 4 is 11.9 Å². The molecule has 0 rings (SSSR count). The molecule has 0 bridgehead atoms. The maximum atomic E-state index is 12.5. The molecule has 3 N–H and O–H groups in total. The van der Waals surface area contributed by atoms with Crippen LogP contribution in [0.1, 0.15) is 335 Å². The van der Waals surface area contributed by atoms with Gasteiger partial charge in [-0.2, -0.15) is 0 Å². The predicted octanol–water partition coefficient (Wildman–Crippen LogP) is 19.6. The largest absolute Gasteiger partial charge is 0.466 e. The van der Waals surface area contributed by atoms with E-state index >= 15 is 0 Å². The van der Waals surface area contributed by atoms with E-state index in [1.165, 1.54) is 257 Å². The van der Waals surface area contributed by atoms with E-state index in [1.807, 2.05) is 6.08 Å². The molecule has 2 atom stereocenters. The van der Waals surface area contributed by atoms with Crippen LogP contribution in [0.15, 0.2) is 36.5 Å². The molecule has 0 aromatic heterocycles. The topological polar surface area (TPSA) is 95.9 Å². The second kappa shape index (κ2) is 59.6. The van der Waals surface area contributed by atoms with Gasteiger partial charge in [0.25, 0.3) is 0 Å². The quantitative estimate of drug-likeness (QED) is 0.0321. The van der Waals surface area contributed by atoms with Crippen molar-refractivity contribution in [2.45, 2.75) is 347 Å². The Morgan fingerprint density at radius 3 is 1.10 bits per heavy atom. The summed E-state index contributed by atoms with van der Waals surface area (Å²) < 4.78 is 5.49. The molecule has 0 heterocycles. The van der Waals surface area contributed by atoms with Gasteiger partial charge in [-0.3, -0.25) is 9.59 Å². The summed E-state index contributed by atoms with van der Waals surface area (Å²) in [5.41, 5.74) is 0. The van der Waals surface area contributed by atoms with Crippen molar-refractivity contribution in [3.05, 3.63) is 36.5 Å². The summed E-state index contributed by atoms with van der Waals surface area (Å²) in [4.78, 5) is 24.6. The number of amides is 1. The molecule has 70 heavy (non-hydrogen) atoms. The third-order valence-electron chi connectivity index (χ3n) is 14.4. The number of carbonyl (C=O) groups excluding carboxylic acids is 2. The third-order valence-corrected chi connectivity index (χ3v) is 14.4. The van der Waals surface area contributed by atoms with Gasteiger partial charge < -0.3 is 20.3 Å². The first-order chi connectivity index (χ1) is 34.5. The van der Waals surface area contributed by atoms with Gasteiger partial charge in [0.05, 0.1) is 25.4 Å². The highest BCUT2D eigenvalue weighted by atomic mass is 16.5. The van der Waals surface area contributed by atoms with E-state index in [9.17, 15) is 19.8 Å². The summed E-state index contributed by atoms with van der Waals surface area (Å²) in [6, 6.07) is -0.629. The van der Waals surface area contributed by atoms with Crippen molar-refractivity contribution in [1.29, 1.82) is 0 Å². The third kappa shape index (κ3) is 55.4. The first-order valence-electron chi connectivity index (χ1n) is 31.3. The first kappa shape index (κ1) is 68.1. The smallest absolute Gasteiger partial charge is 0.305 e. The van der Waals surface area contributed by atoms with E-state index in [0.29, 0.717) is 19.4 Å². The summed E-state index contributed by atoms with van der Waals surface area (Å²) in [6.45, 7) is 4.89. The standard InChI is InChI=1S/C64H121NO5/c1-3-5-7-9-11-13-15-17-19-20-26-30-34-38-42-46-50-54-58-64(69)70-59-55-51-47-43-39-35-31-27-24-22-21-23-25-29-33-37-41-45-49-53-57-63(68)65-61(60-66)62(67)56-52-48-44-40-36-32-28-18-16-14-12-10-8-6-4-2/h13,15,19-20,52,56,61-62,66-67H,3-12,14,16-18,21-51,53-55,57-60H2,1-2H3,(H,65,68)/b15-13-,20-19-,56-52+. The summed E-state index contributed by atoms with van der Waals surface area (Å²) in [6.07, 6.45) is 74.6. The molecule has 1 amide bonds. The van der Waals surface area contributed by atoms with Gasteiger partial charge in [0, 0.05) is 12.8 Å². The van der Waals surface area contributed by atoms with Gasteiger partial charge in [0.15, 0.2) is 0 Å². The Labute approximate surface area is 436 Å².